The van der Waals surface area contributed by atoms with Crippen LogP contribution in [0.4, 0.5) is 5.13 Å². The monoisotopic (exact) mass is 558 g/mol. The van der Waals surface area contributed by atoms with Crippen molar-refractivity contribution in [3.05, 3.63) is 67.3 Å². The quantitative estimate of drug-likeness (QED) is 0.273. The normalized spacial score (nSPS) is 11.6. The minimum absolute atomic E-state index is 0.0892. The third-order valence-corrected chi connectivity index (χ3v) is 8.71. The first-order valence-corrected chi connectivity index (χ1v) is 14.2. The number of hydrogen-bond donors (Lipinski definition) is 0. The van der Waals surface area contributed by atoms with Gasteiger partial charge >= 0.3 is 0 Å². The van der Waals surface area contributed by atoms with Crippen molar-refractivity contribution in [1.29, 1.82) is 0 Å². The predicted molar refractivity (Wildman–Crippen MR) is 153 cm³/mol. The molecule has 1 aromatic heterocycles. The Morgan fingerprint density at radius 2 is 1.58 bits per heavy atom. The summed E-state index contributed by atoms with van der Waals surface area (Å²) in [5.41, 5.74) is 0.967. The van der Waals surface area contributed by atoms with Gasteiger partial charge in [0, 0.05) is 25.2 Å². The lowest BCUT2D eigenvalue weighted by molar-refractivity contribution is 0.0986. The molecule has 0 aliphatic heterocycles. The third-order valence-electron chi connectivity index (χ3n) is 5.77. The number of hydrogen-bond acceptors (Lipinski definition) is 8. The average molecular weight is 559 g/mol. The summed E-state index contributed by atoms with van der Waals surface area (Å²) in [7, 11) is 3.33. The van der Waals surface area contributed by atoms with Gasteiger partial charge in [0.25, 0.3) is 5.91 Å². The number of carbonyl (C=O) groups is 1. The van der Waals surface area contributed by atoms with Crippen molar-refractivity contribution < 1.29 is 22.7 Å². The van der Waals surface area contributed by atoms with Gasteiger partial charge in [-0.05, 0) is 63.5 Å². The third kappa shape index (κ3) is 6.41. The number of thiazole rings is 1. The largest absolute Gasteiger partial charge is 0.495 e. The maximum Gasteiger partial charge on any atom is 0.260 e. The highest BCUT2D eigenvalue weighted by Crippen LogP contribution is 2.40. The van der Waals surface area contributed by atoms with Gasteiger partial charge in [-0.25, -0.2) is 13.4 Å². The van der Waals surface area contributed by atoms with E-state index in [1.165, 1.54) is 52.1 Å². The summed E-state index contributed by atoms with van der Waals surface area (Å²) in [6.45, 7) is 8.77. The second kappa shape index (κ2) is 13.0. The number of sulfonamides is 1. The molecule has 0 saturated carbocycles. The number of nitrogens with zero attached hydrogens (tertiary/aromatic N) is 4. The van der Waals surface area contributed by atoms with Crippen LogP contribution in [-0.2, 0) is 10.0 Å². The molecule has 2 aromatic carbocycles. The summed E-state index contributed by atoms with van der Waals surface area (Å²) in [4.78, 5) is 22.2. The van der Waals surface area contributed by atoms with Crippen molar-refractivity contribution in [2.24, 2.45) is 0 Å². The number of carbonyl (C=O) groups excluding carboxylic acids is 1. The van der Waals surface area contributed by atoms with Crippen molar-refractivity contribution >= 4 is 42.6 Å². The molecule has 0 spiro atoms. The van der Waals surface area contributed by atoms with E-state index in [1.807, 2.05) is 25.1 Å². The molecule has 0 aliphatic carbocycles. The number of ether oxygens (including phenoxy) is 2. The van der Waals surface area contributed by atoms with E-state index < -0.39 is 10.0 Å². The van der Waals surface area contributed by atoms with Crippen LogP contribution < -0.4 is 14.4 Å². The Balaban J connectivity index is 1.99. The van der Waals surface area contributed by atoms with Crippen LogP contribution in [0.25, 0.3) is 10.2 Å². The molecule has 204 valence electrons. The fourth-order valence-corrected chi connectivity index (χ4v) is 6.33. The fraction of sp³-hybridized carbons (Fsp3) is 0.333. The van der Waals surface area contributed by atoms with E-state index in [2.05, 4.69) is 13.2 Å². The number of methoxy groups -OCH3 is 2. The summed E-state index contributed by atoms with van der Waals surface area (Å²) in [5, 5.41) is 0.506. The van der Waals surface area contributed by atoms with Crippen molar-refractivity contribution in [3.8, 4) is 11.5 Å². The van der Waals surface area contributed by atoms with Crippen LogP contribution in [0.2, 0.25) is 0 Å². The van der Waals surface area contributed by atoms with Crippen molar-refractivity contribution in [2.45, 2.75) is 11.3 Å². The minimum Gasteiger partial charge on any atom is -0.495 e. The van der Waals surface area contributed by atoms with E-state index in [-0.39, 0.29) is 23.9 Å². The summed E-state index contributed by atoms with van der Waals surface area (Å²) < 4.78 is 39.2. The zero-order valence-electron chi connectivity index (χ0n) is 22.2. The first-order valence-electron chi connectivity index (χ1n) is 12.0. The minimum atomic E-state index is -3.77. The average Bonchev–Trinajstić information content (AvgIpc) is 3.35. The van der Waals surface area contributed by atoms with Gasteiger partial charge in [-0.2, -0.15) is 4.31 Å². The fourth-order valence-electron chi connectivity index (χ4n) is 3.85. The molecule has 11 heteroatoms. The number of fused-ring (bicyclic) bond motifs is 1. The number of rotatable bonds is 14. The van der Waals surface area contributed by atoms with E-state index in [0.29, 0.717) is 40.7 Å². The molecule has 0 fully saturated rings. The van der Waals surface area contributed by atoms with Gasteiger partial charge in [0.1, 0.15) is 21.7 Å². The lowest BCUT2D eigenvalue weighted by Gasteiger charge is -2.22. The van der Waals surface area contributed by atoms with E-state index in [4.69, 9.17) is 14.5 Å². The Morgan fingerprint density at radius 3 is 2.13 bits per heavy atom. The molecule has 0 radical (unpaired) electrons. The summed E-state index contributed by atoms with van der Waals surface area (Å²) >= 11 is 1.34. The molecule has 0 N–H and O–H groups in total. The maximum atomic E-state index is 13.7. The van der Waals surface area contributed by atoms with Crippen molar-refractivity contribution in [1.82, 2.24) is 14.2 Å². The van der Waals surface area contributed by atoms with Crippen LogP contribution in [0.5, 0.6) is 11.5 Å². The van der Waals surface area contributed by atoms with E-state index in [0.717, 1.165) is 11.2 Å². The molecular formula is C27H34N4O5S2. The highest BCUT2D eigenvalue weighted by Gasteiger charge is 2.26. The Bertz CT molecular complexity index is 1330. The summed E-state index contributed by atoms with van der Waals surface area (Å²) in [6.07, 6.45) is 3.76. The maximum absolute atomic E-state index is 13.7. The number of benzene rings is 2. The van der Waals surface area contributed by atoms with Gasteiger partial charge in [-0.15, -0.1) is 13.2 Å². The topological polar surface area (TPSA) is 92.3 Å². The van der Waals surface area contributed by atoms with Gasteiger partial charge in [0.15, 0.2) is 5.13 Å². The van der Waals surface area contributed by atoms with E-state index in [1.54, 1.807) is 25.2 Å². The van der Waals surface area contributed by atoms with E-state index >= 15 is 0 Å². The lowest BCUT2D eigenvalue weighted by Crippen LogP contribution is -2.33. The molecule has 0 bridgehead atoms. The molecule has 1 heterocycles. The molecule has 0 unspecified atom stereocenters. The molecular weight excluding hydrogens is 524 g/mol. The lowest BCUT2D eigenvalue weighted by atomic mass is 10.2. The molecule has 0 aliphatic rings. The molecule has 0 saturated heterocycles. The molecule has 38 heavy (non-hydrogen) atoms. The predicted octanol–water partition coefficient (Wildman–Crippen LogP) is 4.27. The van der Waals surface area contributed by atoms with Crippen LogP contribution in [-0.4, -0.2) is 83.0 Å². The zero-order valence-corrected chi connectivity index (χ0v) is 23.8. The van der Waals surface area contributed by atoms with Gasteiger partial charge in [0.05, 0.1) is 19.1 Å². The second-order valence-corrected chi connectivity index (χ2v) is 11.6. The Morgan fingerprint density at radius 1 is 0.974 bits per heavy atom. The molecule has 3 aromatic rings. The smallest absolute Gasteiger partial charge is 0.260 e. The Hall–Kier alpha value is -3.25. The summed E-state index contributed by atoms with van der Waals surface area (Å²) in [6, 6.07) is 9.55. The van der Waals surface area contributed by atoms with Gasteiger partial charge in [-0.1, -0.05) is 23.5 Å². The van der Waals surface area contributed by atoms with Crippen molar-refractivity contribution in [3.63, 3.8) is 0 Å². The van der Waals surface area contributed by atoms with Crippen molar-refractivity contribution in [2.75, 3.05) is 59.4 Å². The Labute approximate surface area is 228 Å². The molecule has 0 atom stereocenters. The standard InChI is InChI=1S/C27H34N4O5S2/c1-7-16-30(17-8-2)38(33,34)21-12-10-20(11-13-21)26(32)31(19-9-18-29(3)4)27-28-24-22(35-5)14-15-23(36-6)25(24)37-27/h7-8,10-15H,1-2,9,16-19H2,3-6H3. The van der Waals surface area contributed by atoms with Crippen LogP contribution in [0, 0.1) is 0 Å². The molecule has 9 nitrogen and oxygen atoms in total. The SMILES string of the molecule is C=CCN(CC=C)S(=O)(=O)c1ccc(C(=O)N(CCCN(C)C)c2nc3c(OC)ccc(OC)c3s2)cc1. The van der Waals surface area contributed by atoms with Gasteiger partial charge in [0.2, 0.25) is 10.0 Å². The van der Waals surface area contributed by atoms with E-state index in [9.17, 15) is 13.2 Å². The Kier molecular flexibility index (Phi) is 10.0. The van der Waals surface area contributed by atoms with Crippen LogP contribution in [0.1, 0.15) is 16.8 Å². The first kappa shape index (κ1) is 29.3. The van der Waals surface area contributed by atoms with Crippen LogP contribution >= 0.6 is 11.3 Å². The first-order chi connectivity index (χ1) is 18.2. The second-order valence-electron chi connectivity index (χ2n) is 8.68. The van der Waals surface area contributed by atoms with Crippen LogP contribution in [0.3, 0.4) is 0 Å². The van der Waals surface area contributed by atoms with Gasteiger partial charge in [-0.3, -0.25) is 9.69 Å². The van der Waals surface area contributed by atoms with Gasteiger partial charge < -0.3 is 14.4 Å². The molecule has 1 amide bonds. The summed E-state index contributed by atoms with van der Waals surface area (Å²) in [5.74, 6) is 0.948. The number of anilines is 1. The number of aromatic nitrogens is 1. The highest BCUT2D eigenvalue weighted by molar-refractivity contribution is 7.89. The molecule has 3 rings (SSSR count). The van der Waals surface area contributed by atoms with Crippen LogP contribution in [0.15, 0.2) is 66.6 Å². The zero-order chi connectivity index (χ0) is 27.9. The highest BCUT2D eigenvalue weighted by atomic mass is 32.2. The number of amides is 1.